The number of para-hydroxylation sites is 2. The van der Waals surface area contributed by atoms with Gasteiger partial charge in [-0.1, -0.05) is 24.3 Å². The minimum Gasteiger partial charge on any atom is -0.497 e. The largest absolute Gasteiger partial charge is 0.497 e. The van der Waals surface area contributed by atoms with Gasteiger partial charge in [0.05, 0.1) is 59.8 Å². The topological polar surface area (TPSA) is 107 Å². The molecule has 2 saturated heterocycles. The van der Waals surface area contributed by atoms with E-state index < -0.39 is 9.84 Å². The predicted molar refractivity (Wildman–Crippen MR) is 158 cm³/mol. The molecule has 2 aromatic heterocycles. The van der Waals surface area contributed by atoms with E-state index in [1.165, 1.54) is 0 Å². The number of amides is 1. The Kier molecular flexibility index (Phi) is 7.06. The standard InChI is InChI=1S/C30H33N5O5S/c1-20-28-24(30(36)34-14-12-33(13-15-34)26-9-4-5-10-27(26)40-3)18-25(21-7-6-8-23(17-21)39-2)31-29(28)35(32-20)22-11-16-41(37,38)19-22/h4-10,17-18,22H,11-16,19H2,1-3H3. The Morgan fingerprint density at radius 1 is 0.976 bits per heavy atom. The van der Waals surface area contributed by atoms with Gasteiger partial charge in [0.15, 0.2) is 15.5 Å². The molecule has 1 atom stereocenters. The maximum absolute atomic E-state index is 14.2. The van der Waals surface area contributed by atoms with Crippen LogP contribution in [-0.2, 0) is 9.84 Å². The molecular formula is C30H33N5O5S. The highest BCUT2D eigenvalue weighted by Crippen LogP contribution is 2.34. The van der Waals surface area contributed by atoms with E-state index in [4.69, 9.17) is 19.6 Å². The molecule has 0 radical (unpaired) electrons. The van der Waals surface area contributed by atoms with Gasteiger partial charge in [0.2, 0.25) is 0 Å². The number of aromatic nitrogens is 3. The molecule has 1 amide bonds. The molecule has 2 aliphatic rings. The van der Waals surface area contributed by atoms with Gasteiger partial charge < -0.3 is 19.3 Å². The second-order valence-corrected chi connectivity index (χ2v) is 12.8. The normalized spacial score (nSPS) is 18.6. The van der Waals surface area contributed by atoms with Gasteiger partial charge in [0.25, 0.3) is 5.91 Å². The van der Waals surface area contributed by atoms with Crippen LogP contribution in [0.5, 0.6) is 11.5 Å². The Labute approximate surface area is 239 Å². The van der Waals surface area contributed by atoms with Gasteiger partial charge in [-0.2, -0.15) is 5.10 Å². The van der Waals surface area contributed by atoms with Gasteiger partial charge in [0, 0.05) is 31.7 Å². The molecular weight excluding hydrogens is 542 g/mol. The van der Waals surface area contributed by atoms with Crippen LogP contribution in [0.1, 0.15) is 28.5 Å². The summed E-state index contributed by atoms with van der Waals surface area (Å²) >= 11 is 0. The van der Waals surface area contributed by atoms with Crippen molar-refractivity contribution in [1.29, 1.82) is 0 Å². The Bertz CT molecular complexity index is 1730. The fourth-order valence-corrected chi connectivity index (χ4v) is 7.54. The SMILES string of the molecule is COc1cccc(-c2cc(C(=O)N3CCN(c4ccccc4OC)CC3)c3c(C)nn(C4CCS(=O)(=O)C4)c3n2)c1. The van der Waals surface area contributed by atoms with Crippen LogP contribution < -0.4 is 14.4 Å². The Morgan fingerprint density at radius 3 is 2.46 bits per heavy atom. The van der Waals surface area contributed by atoms with Crippen LogP contribution in [0.4, 0.5) is 5.69 Å². The summed E-state index contributed by atoms with van der Waals surface area (Å²) in [6, 6.07) is 16.9. The molecule has 11 heteroatoms. The number of ether oxygens (including phenoxy) is 2. The third-order valence-electron chi connectivity index (χ3n) is 7.98. The zero-order valence-corrected chi connectivity index (χ0v) is 24.2. The van der Waals surface area contributed by atoms with Crippen molar-refractivity contribution in [1.82, 2.24) is 19.7 Å². The smallest absolute Gasteiger partial charge is 0.254 e. The average molecular weight is 576 g/mol. The molecule has 41 heavy (non-hydrogen) atoms. The molecule has 2 aliphatic heterocycles. The molecule has 214 valence electrons. The molecule has 0 bridgehead atoms. The fraction of sp³-hybridized carbons (Fsp3) is 0.367. The lowest BCUT2D eigenvalue weighted by atomic mass is 10.0. The molecule has 0 aliphatic carbocycles. The number of hydrogen-bond donors (Lipinski definition) is 0. The van der Waals surface area contributed by atoms with Crippen LogP contribution in [0.3, 0.4) is 0 Å². The minimum absolute atomic E-state index is 0.0163. The lowest BCUT2D eigenvalue weighted by Gasteiger charge is -2.36. The van der Waals surface area contributed by atoms with Crippen molar-refractivity contribution in [3.8, 4) is 22.8 Å². The number of benzene rings is 2. The van der Waals surface area contributed by atoms with Crippen LogP contribution in [0, 0.1) is 6.92 Å². The summed E-state index contributed by atoms with van der Waals surface area (Å²) in [5, 5.41) is 5.40. The highest BCUT2D eigenvalue weighted by atomic mass is 32.2. The zero-order chi connectivity index (χ0) is 28.7. The van der Waals surface area contributed by atoms with Crippen molar-refractivity contribution in [3.63, 3.8) is 0 Å². The highest BCUT2D eigenvalue weighted by Gasteiger charge is 2.33. The number of aryl methyl sites for hydroxylation is 1. The summed E-state index contributed by atoms with van der Waals surface area (Å²) in [5.74, 6) is 1.53. The van der Waals surface area contributed by atoms with Crippen molar-refractivity contribution >= 4 is 32.5 Å². The lowest BCUT2D eigenvalue weighted by Crippen LogP contribution is -2.49. The first-order chi connectivity index (χ1) is 19.8. The Balaban J connectivity index is 1.39. The summed E-state index contributed by atoms with van der Waals surface area (Å²) in [6.45, 7) is 4.28. The van der Waals surface area contributed by atoms with E-state index in [1.54, 1.807) is 18.9 Å². The zero-order valence-electron chi connectivity index (χ0n) is 23.4. The monoisotopic (exact) mass is 575 g/mol. The van der Waals surface area contributed by atoms with Crippen LogP contribution in [-0.4, -0.2) is 85.9 Å². The molecule has 2 fully saturated rings. The molecule has 0 N–H and O–H groups in total. The van der Waals surface area contributed by atoms with Crippen molar-refractivity contribution < 1.29 is 22.7 Å². The molecule has 1 unspecified atom stereocenters. The lowest BCUT2D eigenvalue weighted by molar-refractivity contribution is 0.0748. The first kappa shape index (κ1) is 27.1. The van der Waals surface area contributed by atoms with E-state index >= 15 is 0 Å². The number of hydrogen-bond acceptors (Lipinski definition) is 8. The number of sulfone groups is 1. The number of piperazine rings is 1. The van der Waals surface area contributed by atoms with Crippen LogP contribution in [0.15, 0.2) is 54.6 Å². The van der Waals surface area contributed by atoms with Gasteiger partial charge in [-0.05, 0) is 43.7 Å². The Hall–Kier alpha value is -4.12. The van der Waals surface area contributed by atoms with Crippen molar-refractivity contribution in [2.45, 2.75) is 19.4 Å². The maximum Gasteiger partial charge on any atom is 0.254 e. The van der Waals surface area contributed by atoms with Crippen LogP contribution in [0.25, 0.3) is 22.3 Å². The predicted octanol–water partition coefficient (Wildman–Crippen LogP) is 3.75. The van der Waals surface area contributed by atoms with Crippen LogP contribution >= 0.6 is 0 Å². The van der Waals surface area contributed by atoms with E-state index in [9.17, 15) is 13.2 Å². The quantitative estimate of drug-likeness (QED) is 0.342. The number of pyridine rings is 1. The summed E-state index contributed by atoms with van der Waals surface area (Å²) in [5.41, 5.74) is 4.12. The second-order valence-electron chi connectivity index (χ2n) is 10.5. The van der Waals surface area contributed by atoms with Crippen molar-refractivity contribution in [2.24, 2.45) is 0 Å². The average Bonchev–Trinajstić information content (AvgIpc) is 3.54. The summed E-state index contributed by atoms with van der Waals surface area (Å²) in [6.07, 6.45) is 0.470. The maximum atomic E-state index is 14.2. The first-order valence-electron chi connectivity index (χ1n) is 13.7. The number of fused-ring (bicyclic) bond motifs is 1. The molecule has 2 aromatic carbocycles. The van der Waals surface area contributed by atoms with Crippen molar-refractivity contribution in [3.05, 3.63) is 65.9 Å². The van der Waals surface area contributed by atoms with Crippen LogP contribution in [0.2, 0.25) is 0 Å². The van der Waals surface area contributed by atoms with E-state index in [0.29, 0.717) is 66.3 Å². The molecule has 4 aromatic rings. The Morgan fingerprint density at radius 2 is 1.76 bits per heavy atom. The van der Waals surface area contributed by atoms with Gasteiger partial charge in [-0.15, -0.1) is 0 Å². The molecule has 0 spiro atoms. The number of nitrogens with zero attached hydrogens (tertiary/aromatic N) is 5. The molecule has 4 heterocycles. The number of carbonyl (C=O) groups is 1. The highest BCUT2D eigenvalue weighted by molar-refractivity contribution is 7.91. The van der Waals surface area contributed by atoms with Gasteiger partial charge >= 0.3 is 0 Å². The number of methoxy groups -OCH3 is 2. The summed E-state index contributed by atoms with van der Waals surface area (Å²) in [4.78, 5) is 23.2. The van der Waals surface area contributed by atoms with E-state index in [0.717, 1.165) is 17.0 Å². The summed E-state index contributed by atoms with van der Waals surface area (Å²) < 4.78 is 37.3. The van der Waals surface area contributed by atoms with Gasteiger partial charge in [-0.3, -0.25) is 4.79 Å². The number of rotatable bonds is 6. The minimum atomic E-state index is -3.15. The molecule has 6 rings (SSSR count). The molecule has 0 saturated carbocycles. The fourth-order valence-electron chi connectivity index (χ4n) is 5.85. The number of carbonyl (C=O) groups excluding carboxylic acids is 1. The molecule has 10 nitrogen and oxygen atoms in total. The second kappa shape index (κ2) is 10.7. The number of anilines is 1. The van der Waals surface area contributed by atoms with E-state index in [1.807, 2.05) is 66.4 Å². The third kappa shape index (κ3) is 5.10. The van der Waals surface area contributed by atoms with E-state index in [2.05, 4.69) is 4.90 Å². The van der Waals surface area contributed by atoms with Crippen molar-refractivity contribution in [2.75, 3.05) is 56.8 Å². The van der Waals surface area contributed by atoms with E-state index in [-0.39, 0.29) is 23.5 Å². The van der Waals surface area contributed by atoms with Gasteiger partial charge in [0.1, 0.15) is 11.5 Å². The summed E-state index contributed by atoms with van der Waals surface area (Å²) in [7, 11) is 0.124. The first-order valence-corrected chi connectivity index (χ1v) is 15.5. The van der Waals surface area contributed by atoms with Gasteiger partial charge in [-0.25, -0.2) is 18.1 Å². The third-order valence-corrected chi connectivity index (χ3v) is 9.73.